The lowest BCUT2D eigenvalue weighted by Crippen LogP contribution is -2.31. The molecule has 0 heterocycles. The van der Waals surface area contributed by atoms with Crippen LogP contribution in [-0.4, -0.2) is 35.7 Å². The zero-order valence-electron chi connectivity index (χ0n) is 9.31. The fourth-order valence-corrected chi connectivity index (χ4v) is 0.889. The lowest BCUT2D eigenvalue weighted by Gasteiger charge is -2.06. The number of aliphatic carboxylic acids is 1. The molecule has 0 spiro atoms. The molecule has 0 aromatic carbocycles. The first-order chi connectivity index (χ1) is 7.25. The monoisotopic (exact) mass is 313 g/mol. The van der Waals surface area contributed by atoms with Gasteiger partial charge in [-0.05, 0) is 19.3 Å². The second-order valence-electron chi connectivity index (χ2n) is 3.21. The van der Waals surface area contributed by atoms with Crippen molar-refractivity contribution in [3.05, 3.63) is 0 Å². The summed E-state index contributed by atoms with van der Waals surface area (Å²) in [6, 6.07) is -0.982. The summed E-state index contributed by atoms with van der Waals surface area (Å²) >= 11 is 0. The molecule has 5 nitrogen and oxygen atoms in total. The number of nitrogens with zero attached hydrogens (tertiary/aromatic N) is 1. The van der Waals surface area contributed by atoms with Crippen molar-refractivity contribution in [1.82, 2.24) is 0 Å². The van der Waals surface area contributed by atoms with Gasteiger partial charge < -0.3 is 16.6 Å². The molecule has 0 aliphatic rings. The van der Waals surface area contributed by atoms with Gasteiger partial charge in [-0.2, -0.15) is 13.2 Å². The molecule has 0 aliphatic heterocycles. The van der Waals surface area contributed by atoms with Crippen LogP contribution < -0.4 is 11.5 Å². The quantitative estimate of drug-likeness (QED) is 0.391. The van der Waals surface area contributed by atoms with Gasteiger partial charge in [0.25, 0.3) is 0 Å². The number of aliphatic imine (C=N–C) groups is 1. The zero-order chi connectivity index (χ0) is 12.8. The standard InChI is InChI=1S/C8H14F3N3O2.2ClH/c9-8(10,11)7(13)14-4-2-1-3-5(12)6(15)16;;/h5H,1-4,12H2,(H2,13,14)(H,15,16);2*1H/t5-;;/m0../s1. The number of halogens is 5. The molecule has 0 unspecified atom stereocenters. The summed E-state index contributed by atoms with van der Waals surface area (Å²) in [6.45, 7) is -0.0856. The zero-order valence-corrected chi connectivity index (χ0v) is 10.9. The fourth-order valence-electron chi connectivity index (χ4n) is 0.889. The predicted octanol–water partition coefficient (Wildman–Crippen LogP) is 1.33. The number of alkyl halides is 3. The Balaban J connectivity index is -0.00000112. The molecule has 0 bridgehead atoms. The molecule has 0 rings (SSSR count). The van der Waals surface area contributed by atoms with Crippen LogP contribution in [0.2, 0.25) is 0 Å². The van der Waals surface area contributed by atoms with Crippen LogP contribution in [0.1, 0.15) is 19.3 Å². The normalized spacial score (nSPS) is 13.2. The summed E-state index contributed by atoms with van der Waals surface area (Å²) in [5.74, 6) is -2.49. The van der Waals surface area contributed by atoms with Gasteiger partial charge in [-0.1, -0.05) is 0 Å². The highest BCUT2D eigenvalue weighted by Crippen LogP contribution is 2.14. The van der Waals surface area contributed by atoms with Crippen LogP contribution in [0.3, 0.4) is 0 Å². The summed E-state index contributed by atoms with van der Waals surface area (Å²) in [6.07, 6.45) is -3.69. The first-order valence-electron chi connectivity index (χ1n) is 4.60. The van der Waals surface area contributed by atoms with E-state index in [4.69, 9.17) is 10.8 Å². The van der Waals surface area contributed by atoms with E-state index < -0.39 is 24.0 Å². The molecular weight excluding hydrogens is 298 g/mol. The highest BCUT2D eigenvalue weighted by atomic mass is 35.5. The van der Waals surface area contributed by atoms with Crippen LogP contribution in [0.25, 0.3) is 0 Å². The predicted molar refractivity (Wildman–Crippen MR) is 66.5 cm³/mol. The Morgan fingerprint density at radius 1 is 1.28 bits per heavy atom. The number of hydrogen-bond donors (Lipinski definition) is 3. The smallest absolute Gasteiger partial charge is 0.448 e. The van der Waals surface area contributed by atoms with Crippen LogP contribution in [0.5, 0.6) is 0 Å². The van der Waals surface area contributed by atoms with Gasteiger partial charge in [0.2, 0.25) is 5.84 Å². The lowest BCUT2D eigenvalue weighted by molar-refractivity contribution is -0.138. The number of hydrogen-bond acceptors (Lipinski definition) is 3. The molecule has 0 aliphatic carbocycles. The van der Waals surface area contributed by atoms with Crippen molar-refractivity contribution in [2.75, 3.05) is 6.54 Å². The minimum atomic E-state index is -4.60. The summed E-state index contributed by atoms with van der Waals surface area (Å²) in [7, 11) is 0. The summed E-state index contributed by atoms with van der Waals surface area (Å²) in [5.41, 5.74) is 9.83. The maximum absolute atomic E-state index is 11.8. The van der Waals surface area contributed by atoms with E-state index >= 15 is 0 Å². The van der Waals surface area contributed by atoms with Crippen LogP contribution in [0, 0.1) is 0 Å². The van der Waals surface area contributed by atoms with E-state index in [1.165, 1.54) is 0 Å². The Morgan fingerprint density at radius 3 is 2.17 bits per heavy atom. The van der Waals surface area contributed by atoms with Gasteiger partial charge >= 0.3 is 12.1 Å². The Kier molecular flexibility index (Phi) is 12.7. The molecule has 0 amide bonds. The second kappa shape index (κ2) is 10.2. The summed E-state index contributed by atoms with van der Waals surface area (Å²) < 4.78 is 35.5. The van der Waals surface area contributed by atoms with E-state index in [0.29, 0.717) is 12.8 Å². The van der Waals surface area contributed by atoms with Gasteiger partial charge in [0, 0.05) is 6.54 Å². The first-order valence-corrected chi connectivity index (χ1v) is 4.60. The Labute approximate surface area is 115 Å². The largest absolute Gasteiger partial charge is 0.480 e. The highest BCUT2D eigenvalue weighted by Gasteiger charge is 2.33. The van der Waals surface area contributed by atoms with Gasteiger partial charge in [0.1, 0.15) is 6.04 Å². The number of unbranched alkanes of at least 4 members (excludes halogenated alkanes) is 1. The molecular formula is C8H16Cl2F3N3O2. The molecule has 0 saturated heterocycles. The number of amidine groups is 1. The first kappa shape index (κ1) is 22.5. The number of rotatable bonds is 6. The maximum Gasteiger partial charge on any atom is 0.448 e. The van der Waals surface area contributed by atoms with E-state index in [-0.39, 0.29) is 37.8 Å². The van der Waals surface area contributed by atoms with Gasteiger partial charge in [0.15, 0.2) is 0 Å². The Hall–Kier alpha value is -0.730. The highest BCUT2D eigenvalue weighted by molar-refractivity contribution is 5.86. The molecule has 10 heteroatoms. The van der Waals surface area contributed by atoms with Crippen LogP contribution >= 0.6 is 24.8 Å². The van der Waals surface area contributed by atoms with Crippen molar-refractivity contribution in [2.45, 2.75) is 31.5 Å². The number of carboxylic acid groups (broad SMARTS) is 1. The van der Waals surface area contributed by atoms with E-state index in [9.17, 15) is 18.0 Å². The van der Waals surface area contributed by atoms with Crippen molar-refractivity contribution in [2.24, 2.45) is 16.5 Å². The third kappa shape index (κ3) is 10.4. The molecule has 0 aromatic rings. The maximum atomic E-state index is 11.8. The van der Waals surface area contributed by atoms with Crippen LogP contribution in [-0.2, 0) is 4.79 Å². The van der Waals surface area contributed by atoms with Gasteiger partial charge in [-0.25, -0.2) is 0 Å². The second-order valence-corrected chi connectivity index (χ2v) is 3.21. The van der Waals surface area contributed by atoms with Crippen LogP contribution in [0.15, 0.2) is 4.99 Å². The SMILES string of the molecule is Cl.Cl.NC(=NCCCC[C@H](N)C(=O)O)C(F)(F)F. The summed E-state index contributed by atoms with van der Waals surface area (Å²) in [5, 5.41) is 8.41. The average molecular weight is 314 g/mol. The van der Waals surface area contributed by atoms with Crippen molar-refractivity contribution >= 4 is 36.6 Å². The topological polar surface area (TPSA) is 102 Å². The van der Waals surface area contributed by atoms with Gasteiger partial charge in [-0.3, -0.25) is 9.79 Å². The van der Waals surface area contributed by atoms with E-state index in [0.717, 1.165) is 0 Å². The van der Waals surface area contributed by atoms with Crippen molar-refractivity contribution in [3.8, 4) is 0 Å². The Morgan fingerprint density at radius 2 is 1.78 bits per heavy atom. The fraction of sp³-hybridized carbons (Fsp3) is 0.750. The molecule has 0 aromatic heterocycles. The number of carbonyl (C=O) groups is 1. The minimum Gasteiger partial charge on any atom is -0.480 e. The van der Waals surface area contributed by atoms with E-state index in [2.05, 4.69) is 10.7 Å². The van der Waals surface area contributed by atoms with Crippen molar-refractivity contribution in [3.63, 3.8) is 0 Å². The Bertz CT molecular complexity index is 275. The minimum absolute atomic E-state index is 0. The summed E-state index contributed by atoms with van der Waals surface area (Å²) in [4.78, 5) is 13.4. The molecule has 1 atom stereocenters. The number of carboxylic acids is 1. The third-order valence-electron chi connectivity index (χ3n) is 1.81. The number of nitrogens with two attached hydrogens (primary N) is 2. The van der Waals surface area contributed by atoms with E-state index in [1.807, 2.05) is 0 Å². The lowest BCUT2D eigenvalue weighted by atomic mass is 10.1. The van der Waals surface area contributed by atoms with Crippen LogP contribution in [0.4, 0.5) is 13.2 Å². The molecule has 5 N–H and O–H groups in total. The average Bonchev–Trinajstić information content (AvgIpc) is 2.14. The molecule has 0 fully saturated rings. The van der Waals surface area contributed by atoms with Gasteiger partial charge in [0.05, 0.1) is 0 Å². The van der Waals surface area contributed by atoms with Crippen molar-refractivity contribution in [1.29, 1.82) is 0 Å². The third-order valence-corrected chi connectivity index (χ3v) is 1.81. The molecule has 18 heavy (non-hydrogen) atoms. The van der Waals surface area contributed by atoms with Crippen molar-refractivity contribution < 1.29 is 23.1 Å². The molecule has 0 saturated carbocycles. The van der Waals surface area contributed by atoms with Gasteiger partial charge in [-0.15, -0.1) is 24.8 Å². The molecule has 110 valence electrons. The van der Waals surface area contributed by atoms with E-state index in [1.54, 1.807) is 0 Å². The molecule has 0 radical (unpaired) electrons.